The van der Waals surface area contributed by atoms with Crippen LogP contribution in [0.3, 0.4) is 0 Å². The molecule has 1 aliphatic heterocycles. The van der Waals surface area contributed by atoms with Crippen LogP contribution in [0.4, 0.5) is 0 Å². The van der Waals surface area contributed by atoms with E-state index in [0.717, 1.165) is 31.4 Å². The van der Waals surface area contributed by atoms with E-state index in [1.54, 1.807) is 19.0 Å². The van der Waals surface area contributed by atoms with E-state index in [4.69, 9.17) is 0 Å². The highest BCUT2D eigenvalue weighted by atomic mass is 127. The Labute approximate surface area is 164 Å². The topological polar surface area (TPSA) is 60.0 Å². The number of likely N-dealkylation sites (N-methyl/N-ethyl adjacent to an activating group) is 1. The van der Waals surface area contributed by atoms with E-state index in [0.29, 0.717) is 0 Å². The van der Waals surface area contributed by atoms with Crippen molar-refractivity contribution >= 4 is 35.8 Å². The highest BCUT2D eigenvalue weighted by Crippen LogP contribution is 2.15. The fourth-order valence-electron chi connectivity index (χ4n) is 2.79. The lowest BCUT2D eigenvalue weighted by Gasteiger charge is -2.30. The number of piperidine rings is 1. The number of rotatable bonds is 8. The van der Waals surface area contributed by atoms with Gasteiger partial charge in [-0.1, -0.05) is 6.92 Å². The van der Waals surface area contributed by atoms with E-state index in [-0.39, 0.29) is 36.4 Å². The van der Waals surface area contributed by atoms with Crippen molar-refractivity contribution in [1.29, 1.82) is 0 Å². The smallest absolute Gasteiger partial charge is 0.243 e. The van der Waals surface area contributed by atoms with Crippen LogP contribution in [-0.4, -0.2) is 75.0 Å². The molecule has 1 unspecified atom stereocenters. The first-order chi connectivity index (χ1) is 11.0. The summed E-state index contributed by atoms with van der Waals surface area (Å²) in [6.45, 7) is 9.97. The number of hydrogen-bond donors (Lipinski definition) is 2. The third-order valence-electron chi connectivity index (χ3n) is 4.15. The van der Waals surface area contributed by atoms with E-state index >= 15 is 0 Å². The average molecular weight is 453 g/mol. The van der Waals surface area contributed by atoms with Gasteiger partial charge in [-0.25, -0.2) is 4.99 Å². The van der Waals surface area contributed by atoms with Crippen molar-refractivity contribution in [1.82, 2.24) is 20.4 Å². The van der Waals surface area contributed by atoms with Crippen LogP contribution in [-0.2, 0) is 4.79 Å². The average Bonchev–Trinajstić information content (AvgIpc) is 2.51. The molecule has 1 aliphatic rings. The minimum Gasteiger partial charge on any atom is -0.357 e. The predicted molar refractivity (Wildman–Crippen MR) is 112 cm³/mol. The van der Waals surface area contributed by atoms with Crippen molar-refractivity contribution in [2.24, 2.45) is 10.9 Å². The van der Waals surface area contributed by atoms with Crippen LogP contribution in [0.15, 0.2) is 4.99 Å². The Morgan fingerprint density at radius 1 is 1.29 bits per heavy atom. The van der Waals surface area contributed by atoms with E-state index in [1.165, 1.54) is 38.9 Å². The molecule has 0 aromatic heterocycles. The monoisotopic (exact) mass is 453 g/mol. The van der Waals surface area contributed by atoms with Gasteiger partial charge in [0.05, 0.1) is 0 Å². The van der Waals surface area contributed by atoms with Gasteiger partial charge in [0.2, 0.25) is 5.91 Å². The molecule has 1 atom stereocenters. The fourth-order valence-corrected chi connectivity index (χ4v) is 2.79. The van der Waals surface area contributed by atoms with Gasteiger partial charge in [-0.2, -0.15) is 0 Å². The highest BCUT2D eigenvalue weighted by molar-refractivity contribution is 14.0. The molecule has 1 fully saturated rings. The maximum atomic E-state index is 11.6. The van der Waals surface area contributed by atoms with Crippen molar-refractivity contribution < 1.29 is 4.79 Å². The maximum absolute atomic E-state index is 11.6. The minimum atomic E-state index is 0. The summed E-state index contributed by atoms with van der Waals surface area (Å²) in [5.74, 6) is 1.60. The molecule has 24 heavy (non-hydrogen) atoms. The van der Waals surface area contributed by atoms with Gasteiger partial charge in [0.1, 0.15) is 6.54 Å². The summed E-state index contributed by atoms with van der Waals surface area (Å²) in [5.41, 5.74) is 0. The number of halogens is 1. The quantitative estimate of drug-likeness (QED) is 0.255. The zero-order chi connectivity index (χ0) is 17.1. The Balaban J connectivity index is 0.00000529. The van der Waals surface area contributed by atoms with Gasteiger partial charge in [-0.15, -0.1) is 24.0 Å². The molecular weight excluding hydrogens is 417 g/mol. The van der Waals surface area contributed by atoms with E-state index < -0.39 is 0 Å². The predicted octanol–water partition coefficient (Wildman–Crippen LogP) is 1.76. The van der Waals surface area contributed by atoms with Crippen LogP contribution < -0.4 is 10.6 Å². The lowest BCUT2D eigenvalue weighted by molar-refractivity contribution is -0.127. The van der Waals surface area contributed by atoms with Crippen LogP contribution in [0.5, 0.6) is 0 Å². The van der Waals surface area contributed by atoms with Crippen LogP contribution in [0.25, 0.3) is 0 Å². The molecule has 0 radical (unpaired) electrons. The molecule has 1 amide bonds. The number of nitrogens with one attached hydrogen (secondary N) is 2. The van der Waals surface area contributed by atoms with E-state index in [9.17, 15) is 4.79 Å². The Bertz CT molecular complexity index is 376. The molecule has 0 saturated carbocycles. The summed E-state index contributed by atoms with van der Waals surface area (Å²) in [6.07, 6.45) is 5.05. The molecular formula is C17H36IN5O. The first-order valence-corrected chi connectivity index (χ1v) is 8.97. The molecule has 2 N–H and O–H groups in total. The van der Waals surface area contributed by atoms with Crippen molar-refractivity contribution in [3.05, 3.63) is 0 Å². The minimum absolute atomic E-state index is 0. The number of carbonyl (C=O) groups is 1. The normalized spacial score (nSPS) is 18.7. The van der Waals surface area contributed by atoms with Gasteiger partial charge in [-0.05, 0) is 51.6 Å². The first-order valence-electron chi connectivity index (χ1n) is 8.97. The maximum Gasteiger partial charge on any atom is 0.243 e. The largest absolute Gasteiger partial charge is 0.357 e. The van der Waals surface area contributed by atoms with Crippen molar-refractivity contribution in [3.8, 4) is 0 Å². The number of unbranched alkanes of at least 4 members (excludes halogenated alkanes) is 1. The van der Waals surface area contributed by atoms with Gasteiger partial charge in [0.15, 0.2) is 5.96 Å². The van der Waals surface area contributed by atoms with Crippen LogP contribution in [0, 0.1) is 5.92 Å². The van der Waals surface area contributed by atoms with Crippen molar-refractivity contribution in [3.63, 3.8) is 0 Å². The second-order valence-electron chi connectivity index (χ2n) is 6.67. The zero-order valence-corrected chi connectivity index (χ0v) is 18.1. The van der Waals surface area contributed by atoms with Crippen LogP contribution in [0.1, 0.15) is 39.5 Å². The Morgan fingerprint density at radius 2 is 2.04 bits per heavy atom. The molecule has 0 bridgehead atoms. The third kappa shape index (κ3) is 10.3. The van der Waals surface area contributed by atoms with Gasteiger partial charge in [0, 0.05) is 33.7 Å². The molecule has 1 heterocycles. The molecule has 142 valence electrons. The fraction of sp³-hybridized carbons (Fsp3) is 0.882. The molecule has 6 nitrogen and oxygen atoms in total. The number of hydrogen-bond acceptors (Lipinski definition) is 3. The summed E-state index contributed by atoms with van der Waals surface area (Å²) in [4.78, 5) is 20.1. The molecule has 0 aromatic carbocycles. The highest BCUT2D eigenvalue weighted by Gasteiger charge is 2.15. The number of amides is 1. The number of aliphatic imine (C=N–C) groups is 1. The van der Waals surface area contributed by atoms with Gasteiger partial charge < -0.3 is 20.4 Å². The molecule has 0 spiro atoms. The summed E-state index contributed by atoms with van der Waals surface area (Å²) < 4.78 is 0. The summed E-state index contributed by atoms with van der Waals surface area (Å²) >= 11 is 0. The van der Waals surface area contributed by atoms with Crippen molar-refractivity contribution in [2.45, 2.75) is 39.5 Å². The number of guanidine groups is 1. The second-order valence-corrected chi connectivity index (χ2v) is 6.67. The molecule has 1 rings (SSSR count). The van der Waals surface area contributed by atoms with Gasteiger partial charge in [-0.3, -0.25) is 4.79 Å². The standard InChI is InChI=1S/C17H35N5O.HI/c1-5-18-17(20-13-16(23)21(3)4)19-10-6-7-11-22-12-8-9-15(2)14-22;/h15H,5-14H2,1-4H3,(H2,18,19,20);1H. The van der Waals surface area contributed by atoms with E-state index in [2.05, 4.69) is 27.4 Å². The van der Waals surface area contributed by atoms with Gasteiger partial charge in [0.25, 0.3) is 0 Å². The Morgan fingerprint density at radius 3 is 2.67 bits per heavy atom. The number of carbonyl (C=O) groups excluding carboxylic acids is 1. The lowest BCUT2D eigenvalue weighted by atomic mass is 10.0. The van der Waals surface area contributed by atoms with E-state index in [1.807, 2.05) is 6.92 Å². The first kappa shape index (κ1) is 23.4. The molecule has 0 aliphatic carbocycles. The Hall–Kier alpha value is -0.570. The van der Waals surface area contributed by atoms with Gasteiger partial charge >= 0.3 is 0 Å². The SMILES string of the molecule is CCNC(=NCC(=O)N(C)C)NCCCCN1CCCC(C)C1.I. The molecule has 0 aromatic rings. The number of nitrogens with zero attached hydrogens (tertiary/aromatic N) is 3. The summed E-state index contributed by atoms with van der Waals surface area (Å²) in [6, 6.07) is 0. The zero-order valence-electron chi connectivity index (χ0n) is 15.8. The van der Waals surface area contributed by atoms with Crippen LogP contribution >= 0.6 is 24.0 Å². The van der Waals surface area contributed by atoms with Crippen molar-refractivity contribution in [2.75, 3.05) is 53.4 Å². The third-order valence-corrected chi connectivity index (χ3v) is 4.15. The molecule has 1 saturated heterocycles. The summed E-state index contributed by atoms with van der Waals surface area (Å²) in [7, 11) is 3.50. The van der Waals surface area contributed by atoms with Crippen LogP contribution in [0.2, 0.25) is 0 Å². The second kappa shape index (κ2) is 13.7. The molecule has 7 heteroatoms. The number of likely N-dealkylation sites (tertiary alicyclic amines) is 1. The Kier molecular flexibility index (Phi) is 13.4. The summed E-state index contributed by atoms with van der Waals surface area (Å²) in [5, 5.41) is 6.49. The lowest BCUT2D eigenvalue weighted by Crippen LogP contribution is -2.39.